The molecule has 2 rings (SSSR count). The van der Waals surface area contributed by atoms with Gasteiger partial charge in [0.15, 0.2) is 0 Å². The van der Waals surface area contributed by atoms with E-state index < -0.39 is 0 Å². The predicted molar refractivity (Wildman–Crippen MR) is 72.4 cm³/mol. The fraction of sp³-hybridized carbons (Fsp3) is 0.250. The van der Waals surface area contributed by atoms with E-state index in [0.29, 0.717) is 0 Å². The van der Waals surface area contributed by atoms with Gasteiger partial charge in [-0.2, -0.15) is 0 Å². The van der Waals surface area contributed by atoms with E-state index in [1.165, 1.54) is 16.8 Å². The quantitative estimate of drug-likeness (QED) is 0.755. The second kappa shape index (κ2) is 6.21. The molecular formula is C16H20N+. The molecule has 2 N–H and O–H groups in total. The summed E-state index contributed by atoms with van der Waals surface area (Å²) in [4.78, 5) is 0. The molecule has 0 saturated carbocycles. The van der Waals surface area contributed by atoms with E-state index in [-0.39, 0.29) is 0 Å². The summed E-state index contributed by atoms with van der Waals surface area (Å²) in [7, 11) is 0. The van der Waals surface area contributed by atoms with Crippen molar-refractivity contribution in [1.82, 2.24) is 0 Å². The summed E-state index contributed by atoms with van der Waals surface area (Å²) in [6, 6.07) is 19.3. The molecule has 1 nitrogen and oxygen atoms in total. The number of para-hydroxylation sites is 1. The molecule has 0 saturated heterocycles. The molecule has 0 fully saturated rings. The molecule has 2 aromatic rings. The van der Waals surface area contributed by atoms with Crippen LogP contribution in [0.3, 0.4) is 0 Å². The first-order valence-electron chi connectivity index (χ1n) is 6.35. The Balaban J connectivity index is 1.90. The second-order valence-corrected chi connectivity index (χ2v) is 4.28. The second-order valence-electron chi connectivity index (χ2n) is 4.28. The molecule has 1 heteroatoms. The highest BCUT2D eigenvalue weighted by molar-refractivity contribution is 5.28. The van der Waals surface area contributed by atoms with E-state index in [4.69, 9.17) is 0 Å². The molecule has 0 spiro atoms. The van der Waals surface area contributed by atoms with Gasteiger partial charge in [-0.25, -0.2) is 0 Å². The minimum Gasteiger partial charge on any atom is -0.314 e. The molecule has 17 heavy (non-hydrogen) atoms. The SMILES string of the molecule is CCc1ccccc1CC[NH2+]c1ccccc1. The zero-order valence-corrected chi connectivity index (χ0v) is 10.4. The van der Waals surface area contributed by atoms with E-state index >= 15 is 0 Å². The molecule has 88 valence electrons. The molecule has 0 aliphatic rings. The van der Waals surface area contributed by atoms with Gasteiger partial charge in [0.25, 0.3) is 0 Å². The lowest BCUT2D eigenvalue weighted by Crippen LogP contribution is -2.78. The maximum absolute atomic E-state index is 2.31. The van der Waals surface area contributed by atoms with Gasteiger partial charge in [-0.15, -0.1) is 0 Å². The van der Waals surface area contributed by atoms with Crippen molar-refractivity contribution in [2.24, 2.45) is 0 Å². The summed E-state index contributed by atoms with van der Waals surface area (Å²) in [5.41, 5.74) is 4.29. The summed E-state index contributed by atoms with van der Waals surface area (Å²) >= 11 is 0. The standard InChI is InChI=1S/C16H19N/c1-2-14-8-6-7-9-15(14)12-13-17-16-10-4-3-5-11-16/h3-11,17H,2,12-13H2,1H3/p+1. The summed E-state index contributed by atoms with van der Waals surface area (Å²) < 4.78 is 0. The molecule has 0 amide bonds. The molecule has 0 aromatic heterocycles. The molecule has 0 aliphatic carbocycles. The number of hydrogen-bond donors (Lipinski definition) is 1. The minimum atomic E-state index is 1.11. The fourth-order valence-corrected chi connectivity index (χ4v) is 2.13. The Bertz CT molecular complexity index is 448. The fourth-order valence-electron chi connectivity index (χ4n) is 2.13. The van der Waals surface area contributed by atoms with Crippen molar-refractivity contribution in [3.63, 3.8) is 0 Å². The monoisotopic (exact) mass is 226 g/mol. The lowest BCUT2D eigenvalue weighted by Gasteiger charge is -2.06. The first kappa shape index (κ1) is 11.9. The number of benzene rings is 2. The topological polar surface area (TPSA) is 16.6 Å². The molecule has 0 bridgehead atoms. The van der Waals surface area contributed by atoms with Gasteiger partial charge in [0, 0.05) is 6.42 Å². The highest BCUT2D eigenvalue weighted by Crippen LogP contribution is 2.09. The highest BCUT2D eigenvalue weighted by Gasteiger charge is 2.01. The number of rotatable bonds is 5. The van der Waals surface area contributed by atoms with Crippen molar-refractivity contribution in [1.29, 1.82) is 0 Å². The highest BCUT2D eigenvalue weighted by atomic mass is 14.9. The Morgan fingerprint density at radius 2 is 1.47 bits per heavy atom. The van der Waals surface area contributed by atoms with Crippen LogP contribution in [0.4, 0.5) is 5.69 Å². The van der Waals surface area contributed by atoms with Crippen molar-refractivity contribution in [2.75, 3.05) is 6.54 Å². The van der Waals surface area contributed by atoms with E-state index in [1.807, 2.05) is 0 Å². The number of quaternary nitrogens is 1. The summed E-state index contributed by atoms with van der Waals surface area (Å²) in [6.07, 6.45) is 2.26. The van der Waals surface area contributed by atoms with Crippen LogP contribution in [0.1, 0.15) is 18.1 Å². The average molecular weight is 226 g/mol. The van der Waals surface area contributed by atoms with Crippen molar-refractivity contribution in [2.45, 2.75) is 19.8 Å². The van der Waals surface area contributed by atoms with Crippen LogP contribution in [0.5, 0.6) is 0 Å². The maximum Gasteiger partial charge on any atom is 0.129 e. The number of aryl methyl sites for hydroxylation is 1. The summed E-state index contributed by atoms with van der Waals surface area (Å²) in [6.45, 7) is 3.33. The van der Waals surface area contributed by atoms with Crippen LogP contribution in [-0.2, 0) is 12.8 Å². The average Bonchev–Trinajstić information content (AvgIpc) is 2.40. The molecule has 0 aliphatic heterocycles. The van der Waals surface area contributed by atoms with Crippen LogP contribution >= 0.6 is 0 Å². The maximum atomic E-state index is 2.31. The zero-order valence-electron chi connectivity index (χ0n) is 10.4. The Morgan fingerprint density at radius 1 is 0.824 bits per heavy atom. The molecule has 0 atom stereocenters. The molecule has 2 aromatic carbocycles. The normalized spacial score (nSPS) is 10.4. The predicted octanol–water partition coefficient (Wildman–Crippen LogP) is 2.69. The van der Waals surface area contributed by atoms with Crippen LogP contribution in [0.15, 0.2) is 54.6 Å². The molecule has 0 radical (unpaired) electrons. The van der Waals surface area contributed by atoms with Gasteiger partial charge in [-0.05, 0) is 29.7 Å². The Morgan fingerprint density at radius 3 is 2.18 bits per heavy atom. The van der Waals surface area contributed by atoms with Crippen LogP contribution in [-0.4, -0.2) is 6.54 Å². The van der Waals surface area contributed by atoms with Gasteiger partial charge in [0.05, 0.1) is 6.54 Å². The third-order valence-electron chi connectivity index (χ3n) is 3.09. The van der Waals surface area contributed by atoms with Crippen LogP contribution in [0, 0.1) is 0 Å². The van der Waals surface area contributed by atoms with E-state index in [0.717, 1.165) is 19.4 Å². The lowest BCUT2D eigenvalue weighted by molar-refractivity contribution is -0.570. The van der Waals surface area contributed by atoms with Crippen molar-refractivity contribution < 1.29 is 5.32 Å². The van der Waals surface area contributed by atoms with E-state index in [9.17, 15) is 0 Å². The lowest BCUT2D eigenvalue weighted by atomic mass is 10.0. The van der Waals surface area contributed by atoms with Gasteiger partial charge in [0.1, 0.15) is 5.69 Å². The van der Waals surface area contributed by atoms with Crippen LogP contribution in [0.25, 0.3) is 0 Å². The van der Waals surface area contributed by atoms with Crippen molar-refractivity contribution in [3.05, 3.63) is 65.7 Å². The van der Waals surface area contributed by atoms with Gasteiger partial charge < -0.3 is 5.32 Å². The summed E-state index contributed by atoms with van der Waals surface area (Å²) in [5.74, 6) is 0. The minimum absolute atomic E-state index is 1.11. The van der Waals surface area contributed by atoms with Crippen molar-refractivity contribution in [3.8, 4) is 0 Å². The van der Waals surface area contributed by atoms with Gasteiger partial charge in [-0.3, -0.25) is 0 Å². The van der Waals surface area contributed by atoms with Gasteiger partial charge in [0.2, 0.25) is 0 Å². The van der Waals surface area contributed by atoms with E-state index in [2.05, 4.69) is 66.8 Å². The first-order chi connectivity index (χ1) is 8.40. The van der Waals surface area contributed by atoms with Gasteiger partial charge >= 0.3 is 0 Å². The number of nitrogens with two attached hydrogens (primary N) is 1. The third kappa shape index (κ3) is 3.43. The Labute approximate surface area is 103 Å². The van der Waals surface area contributed by atoms with Gasteiger partial charge in [-0.1, -0.05) is 49.4 Å². The summed E-state index contributed by atoms with van der Waals surface area (Å²) in [5, 5.41) is 2.31. The Hall–Kier alpha value is -1.60. The molecular weight excluding hydrogens is 206 g/mol. The van der Waals surface area contributed by atoms with Crippen molar-refractivity contribution >= 4 is 5.69 Å². The van der Waals surface area contributed by atoms with Crippen LogP contribution in [0.2, 0.25) is 0 Å². The largest absolute Gasteiger partial charge is 0.314 e. The molecule has 0 unspecified atom stereocenters. The molecule has 0 heterocycles. The number of hydrogen-bond acceptors (Lipinski definition) is 0. The van der Waals surface area contributed by atoms with Crippen LogP contribution < -0.4 is 5.32 Å². The van der Waals surface area contributed by atoms with E-state index in [1.54, 1.807) is 0 Å². The third-order valence-corrected chi connectivity index (χ3v) is 3.09. The zero-order chi connectivity index (χ0) is 11.9. The Kier molecular flexibility index (Phi) is 4.34. The smallest absolute Gasteiger partial charge is 0.129 e. The first-order valence-corrected chi connectivity index (χ1v) is 6.35.